The average Bonchev–Trinajstić information content (AvgIpc) is 2.83. The van der Waals surface area contributed by atoms with E-state index in [0.29, 0.717) is 22.9 Å². The van der Waals surface area contributed by atoms with Crippen LogP contribution in [0.4, 0.5) is 5.69 Å². The van der Waals surface area contributed by atoms with Crippen molar-refractivity contribution in [3.63, 3.8) is 0 Å². The molecule has 1 atom stereocenters. The number of sulfone groups is 1. The molecular formula is C25H27ClN2O6S2. The number of sulfonamides is 1. The molecule has 192 valence electrons. The van der Waals surface area contributed by atoms with Crippen molar-refractivity contribution in [2.24, 2.45) is 0 Å². The first kappa shape index (κ1) is 27.5. The molecule has 0 saturated carbocycles. The number of anilines is 1. The Morgan fingerprint density at radius 2 is 1.53 bits per heavy atom. The first-order valence-electron chi connectivity index (χ1n) is 11.0. The minimum atomic E-state index is -4.16. The van der Waals surface area contributed by atoms with Crippen LogP contribution in [0.15, 0.2) is 82.6 Å². The Hall–Kier alpha value is -3.08. The summed E-state index contributed by atoms with van der Waals surface area (Å²) in [5.74, 6) is -0.242. The van der Waals surface area contributed by atoms with E-state index in [1.807, 2.05) is 0 Å². The molecule has 0 unspecified atom stereocenters. The fourth-order valence-electron chi connectivity index (χ4n) is 3.48. The number of hydrogen-bond acceptors (Lipinski definition) is 6. The van der Waals surface area contributed by atoms with E-state index in [1.54, 1.807) is 50.2 Å². The molecule has 0 aromatic heterocycles. The van der Waals surface area contributed by atoms with Crippen molar-refractivity contribution in [3.8, 4) is 5.75 Å². The molecule has 0 aliphatic heterocycles. The van der Waals surface area contributed by atoms with E-state index in [-0.39, 0.29) is 15.5 Å². The normalized spacial score (nSPS) is 12.6. The van der Waals surface area contributed by atoms with Crippen LogP contribution in [-0.4, -0.2) is 42.2 Å². The largest absolute Gasteiger partial charge is 0.492 e. The van der Waals surface area contributed by atoms with Gasteiger partial charge in [0, 0.05) is 11.3 Å². The molecule has 1 amide bonds. The summed E-state index contributed by atoms with van der Waals surface area (Å²) in [6.07, 6.45) is 1.11. The lowest BCUT2D eigenvalue weighted by Gasteiger charge is -2.26. The maximum absolute atomic E-state index is 13.6. The number of rotatable bonds is 10. The molecule has 36 heavy (non-hydrogen) atoms. The lowest BCUT2D eigenvalue weighted by molar-refractivity contribution is -0.120. The highest BCUT2D eigenvalue weighted by Crippen LogP contribution is 2.33. The SMILES string of the molecule is CCOc1ccccc1N(CC(=O)N[C@@H](C)c1ccc(S(C)(=O)=O)cc1)S(=O)(=O)c1ccc(Cl)cc1. The summed E-state index contributed by atoms with van der Waals surface area (Å²) in [4.78, 5) is 13.2. The second-order valence-electron chi connectivity index (χ2n) is 8.00. The molecule has 3 rings (SSSR count). The molecule has 1 N–H and O–H groups in total. The van der Waals surface area contributed by atoms with E-state index in [4.69, 9.17) is 16.3 Å². The van der Waals surface area contributed by atoms with Crippen LogP contribution >= 0.6 is 11.6 Å². The van der Waals surface area contributed by atoms with Crippen LogP contribution in [0.3, 0.4) is 0 Å². The van der Waals surface area contributed by atoms with Gasteiger partial charge in [-0.3, -0.25) is 9.10 Å². The van der Waals surface area contributed by atoms with Crippen molar-refractivity contribution in [2.75, 3.05) is 23.7 Å². The second-order valence-corrected chi connectivity index (χ2v) is 12.3. The monoisotopic (exact) mass is 550 g/mol. The van der Waals surface area contributed by atoms with E-state index in [0.717, 1.165) is 10.6 Å². The van der Waals surface area contributed by atoms with Crippen molar-refractivity contribution in [3.05, 3.63) is 83.4 Å². The van der Waals surface area contributed by atoms with E-state index in [2.05, 4.69) is 5.32 Å². The molecule has 0 saturated heterocycles. The minimum absolute atomic E-state index is 0.0320. The first-order chi connectivity index (χ1) is 16.9. The lowest BCUT2D eigenvalue weighted by atomic mass is 10.1. The van der Waals surface area contributed by atoms with Crippen LogP contribution in [0, 0.1) is 0 Å². The molecule has 0 aliphatic rings. The summed E-state index contributed by atoms with van der Waals surface area (Å²) in [5, 5.41) is 3.16. The van der Waals surface area contributed by atoms with Crippen LogP contribution < -0.4 is 14.4 Å². The predicted octanol–water partition coefficient (Wildman–Crippen LogP) is 4.21. The highest BCUT2D eigenvalue weighted by atomic mass is 35.5. The van der Waals surface area contributed by atoms with E-state index in [1.165, 1.54) is 36.4 Å². The Morgan fingerprint density at radius 3 is 2.11 bits per heavy atom. The van der Waals surface area contributed by atoms with Gasteiger partial charge in [-0.15, -0.1) is 0 Å². The summed E-state index contributed by atoms with van der Waals surface area (Å²) in [5.41, 5.74) is 0.882. The summed E-state index contributed by atoms with van der Waals surface area (Å²) in [6.45, 7) is 3.29. The third-order valence-corrected chi connectivity index (χ3v) is 8.46. The Labute approximate surface area is 216 Å². The van der Waals surface area contributed by atoms with Gasteiger partial charge in [-0.1, -0.05) is 35.9 Å². The fourth-order valence-corrected chi connectivity index (χ4v) is 5.67. The zero-order valence-electron chi connectivity index (χ0n) is 20.0. The molecule has 0 aliphatic carbocycles. The maximum Gasteiger partial charge on any atom is 0.264 e. The van der Waals surface area contributed by atoms with Gasteiger partial charge in [-0.25, -0.2) is 16.8 Å². The summed E-state index contributed by atoms with van der Waals surface area (Å²) in [7, 11) is -7.51. The van der Waals surface area contributed by atoms with Gasteiger partial charge in [-0.2, -0.15) is 0 Å². The van der Waals surface area contributed by atoms with Crippen molar-refractivity contribution in [1.29, 1.82) is 0 Å². The van der Waals surface area contributed by atoms with Crippen molar-refractivity contribution in [2.45, 2.75) is 29.7 Å². The number of amides is 1. The number of nitrogens with one attached hydrogen (secondary N) is 1. The predicted molar refractivity (Wildman–Crippen MR) is 140 cm³/mol. The zero-order valence-corrected chi connectivity index (χ0v) is 22.4. The third-order valence-electron chi connectivity index (χ3n) is 5.31. The summed E-state index contributed by atoms with van der Waals surface area (Å²) >= 11 is 5.93. The van der Waals surface area contributed by atoms with Gasteiger partial charge in [0.2, 0.25) is 5.91 Å². The van der Waals surface area contributed by atoms with Gasteiger partial charge >= 0.3 is 0 Å². The average molecular weight is 551 g/mol. The fraction of sp³-hybridized carbons (Fsp3) is 0.240. The molecule has 0 bridgehead atoms. The van der Waals surface area contributed by atoms with Crippen molar-refractivity contribution in [1.82, 2.24) is 5.32 Å². The molecule has 3 aromatic rings. The number of ether oxygens (including phenoxy) is 1. The number of benzene rings is 3. The highest BCUT2D eigenvalue weighted by molar-refractivity contribution is 7.93. The molecule has 3 aromatic carbocycles. The molecule has 0 spiro atoms. The van der Waals surface area contributed by atoms with Crippen LogP contribution in [0.25, 0.3) is 0 Å². The van der Waals surface area contributed by atoms with Gasteiger partial charge < -0.3 is 10.1 Å². The second kappa shape index (κ2) is 11.3. The molecule has 0 fully saturated rings. The first-order valence-corrected chi connectivity index (χ1v) is 14.7. The van der Waals surface area contributed by atoms with Crippen LogP contribution in [0.5, 0.6) is 5.75 Å². The van der Waals surface area contributed by atoms with Gasteiger partial charge in [0.05, 0.1) is 28.1 Å². The van der Waals surface area contributed by atoms with Crippen molar-refractivity contribution < 1.29 is 26.4 Å². The standard InChI is InChI=1S/C25H27ClN2O6S2/c1-4-34-24-8-6-5-7-23(24)28(36(32,33)22-15-11-20(26)12-16-22)17-25(29)27-18(2)19-9-13-21(14-10-19)35(3,30)31/h5-16,18H,4,17H2,1-3H3,(H,27,29)/t18-/m0/s1. The topological polar surface area (TPSA) is 110 Å². The number of hydrogen-bond donors (Lipinski definition) is 1. The van der Waals surface area contributed by atoms with Gasteiger partial charge in [0.25, 0.3) is 10.0 Å². The van der Waals surface area contributed by atoms with Crippen LogP contribution in [0.2, 0.25) is 5.02 Å². The molecule has 0 heterocycles. The zero-order chi connectivity index (χ0) is 26.5. The quantitative estimate of drug-likeness (QED) is 0.405. The Kier molecular flexibility index (Phi) is 8.65. The van der Waals surface area contributed by atoms with E-state index < -0.39 is 38.4 Å². The number of nitrogens with zero attached hydrogens (tertiary/aromatic N) is 1. The highest BCUT2D eigenvalue weighted by Gasteiger charge is 2.30. The number of para-hydroxylation sites is 2. The molecule has 8 nitrogen and oxygen atoms in total. The summed E-state index contributed by atoms with van der Waals surface area (Å²) < 4.78 is 57.3. The number of carbonyl (C=O) groups is 1. The van der Waals surface area contributed by atoms with Gasteiger partial charge in [0.1, 0.15) is 12.3 Å². The minimum Gasteiger partial charge on any atom is -0.492 e. The Bertz CT molecular complexity index is 1420. The smallest absolute Gasteiger partial charge is 0.264 e. The molecule has 0 radical (unpaired) electrons. The Balaban J connectivity index is 1.91. The van der Waals surface area contributed by atoms with Crippen molar-refractivity contribution >= 4 is 43.1 Å². The lowest BCUT2D eigenvalue weighted by Crippen LogP contribution is -2.41. The van der Waals surface area contributed by atoms with Crippen LogP contribution in [-0.2, 0) is 24.7 Å². The van der Waals surface area contributed by atoms with Gasteiger partial charge in [0.15, 0.2) is 9.84 Å². The molecular weight excluding hydrogens is 524 g/mol. The Morgan fingerprint density at radius 1 is 0.944 bits per heavy atom. The summed E-state index contributed by atoms with van der Waals surface area (Å²) in [6, 6.07) is 17.9. The van der Waals surface area contributed by atoms with Crippen LogP contribution in [0.1, 0.15) is 25.5 Å². The third kappa shape index (κ3) is 6.57. The molecule has 11 heteroatoms. The number of carbonyl (C=O) groups excluding carboxylic acids is 1. The van der Waals surface area contributed by atoms with Gasteiger partial charge in [-0.05, 0) is 67.9 Å². The van der Waals surface area contributed by atoms with E-state index >= 15 is 0 Å². The maximum atomic E-state index is 13.6. The van der Waals surface area contributed by atoms with E-state index in [9.17, 15) is 21.6 Å². The number of halogens is 1.